The molecule has 0 unspecified atom stereocenters. The van der Waals surface area contributed by atoms with Crippen LogP contribution < -0.4 is 4.74 Å². The highest BCUT2D eigenvalue weighted by Crippen LogP contribution is 2.36. The number of carboxylic acids is 1. The Morgan fingerprint density at radius 3 is 2.35 bits per heavy atom. The zero-order valence-corrected chi connectivity index (χ0v) is 26.8. The molecule has 9 heteroatoms. The number of rotatable bonds is 13. The van der Waals surface area contributed by atoms with Crippen molar-refractivity contribution in [1.82, 2.24) is 14.7 Å². The van der Waals surface area contributed by atoms with E-state index in [2.05, 4.69) is 19.9 Å². The summed E-state index contributed by atoms with van der Waals surface area (Å²) in [7, 11) is 0. The summed E-state index contributed by atoms with van der Waals surface area (Å²) in [5.74, 6) is -1.31. The molecular weight excluding hydrogens is 582 g/mol. The molecule has 1 aliphatic heterocycles. The Bertz CT molecular complexity index is 1710. The van der Waals surface area contributed by atoms with Crippen molar-refractivity contribution in [1.29, 1.82) is 0 Å². The van der Waals surface area contributed by atoms with E-state index in [1.807, 2.05) is 42.5 Å². The van der Waals surface area contributed by atoms with Crippen LogP contribution in [-0.2, 0) is 24.1 Å². The molecule has 0 fully saturated rings. The van der Waals surface area contributed by atoms with E-state index in [0.29, 0.717) is 43.7 Å². The summed E-state index contributed by atoms with van der Waals surface area (Å²) in [5, 5.41) is 14.7. The fraction of sp³-hybridized carbons (Fsp3) is 0.351. The monoisotopic (exact) mass is 623 g/mol. The number of carbonyl (C=O) groups excluding carboxylic acids is 2. The summed E-state index contributed by atoms with van der Waals surface area (Å²) < 4.78 is 13.1. The van der Waals surface area contributed by atoms with Crippen LogP contribution in [0, 0.1) is 0 Å². The molecule has 1 aromatic heterocycles. The first-order valence-corrected chi connectivity index (χ1v) is 16.1. The molecule has 0 atom stereocenters. The fourth-order valence-corrected chi connectivity index (χ4v) is 5.80. The van der Waals surface area contributed by atoms with Crippen molar-refractivity contribution in [3.05, 3.63) is 100 Å². The lowest BCUT2D eigenvalue weighted by atomic mass is 9.92. The first-order chi connectivity index (χ1) is 22.4. The lowest BCUT2D eigenvalue weighted by molar-refractivity contribution is 0.0518. The van der Waals surface area contributed by atoms with E-state index in [0.717, 1.165) is 48.4 Å². The lowest BCUT2D eigenvalue weighted by Gasteiger charge is -2.29. The maximum absolute atomic E-state index is 14.3. The van der Waals surface area contributed by atoms with Gasteiger partial charge in [-0.2, -0.15) is 5.10 Å². The molecule has 4 aromatic rings. The summed E-state index contributed by atoms with van der Waals surface area (Å²) in [5.41, 5.74) is 4.94. The second-order valence-corrected chi connectivity index (χ2v) is 11.4. The third-order valence-electron chi connectivity index (χ3n) is 8.25. The van der Waals surface area contributed by atoms with Crippen molar-refractivity contribution < 1.29 is 29.0 Å². The molecule has 2 heterocycles. The molecule has 0 saturated carbocycles. The summed E-state index contributed by atoms with van der Waals surface area (Å²) >= 11 is 0. The molecule has 1 aliphatic rings. The Labute approximate surface area is 269 Å². The number of carbonyl (C=O) groups is 3. The highest BCUT2D eigenvalue weighted by atomic mass is 16.5. The topological polar surface area (TPSA) is 111 Å². The number of unbranched alkanes of at least 4 members (excludes halogenated alkanes) is 2. The lowest BCUT2D eigenvalue weighted by Crippen LogP contribution is -2.36. The van der Waals surface area contributed by atoms with Crippen molar-refractivity contribution in [2.45, 2.75) is 65.8 Å². The van der Waals surface area contributed by atoms with E-state index < -0.39 is 11.9 Å². The maximum atomic E-state index is 14.3. The quantitative estimate of drug-likeness (QED) is 0.125. The number of aromatic carboxylic acids is 1. The van der Waals surface area contributed by atoms with Gasteiger partial charge < -0.3 is 19.5 Å². The predicted molar refractivity (Wildman–Crippen MR) is 176 cm³/mol. The molecular formula is C37H41N3O6. The minimum absolute atomic E-state index is 0.0108. The summed E-state index contributed by atoms with van der Waals surface area (Å²) in [4.78, 5) is 41.7. The van der Waals surface area contributed by atoms with E-state index in [4.69, 9.17) is 14.6 Å². The number of aromatic nitrogens is 2. The van der Waals surface area contributed by atoms with E-state index in [9.17, 15) is 19.5 Å². The molecule has 0 bridgehead atoms. The number of fused-ring (bicyclic) bond motifs is 1. The van der Waals surface area contributed by atoms with Crippen LogP contribution in [-0.4, -0.2) is 57.4 Å². The second-order valence-electron chi connectivity index (χ2n) is 11.4. The minimum atomic E-state index is -1.14. The molecule has 46 heavy (non-hydrogen) atoms. The van der Waals surface area contributed by atoms with E-state index in [-0.39, 0.29) is 29.3 Å². The Kier molecular flexibility index (Phi) is 10.5. The average molecular weight is 624 g/mol. The van der Waals surface area contributed by atoms with Crippen LogP contribution in [0.5, 0.6) is 5.75 Å². The smallest absolute Gasteiger partial charge is 0.359 e. The van der Waals surface area contributed by atoms with E-state index in [1.54, 1.807) is 22.6 Å². The second kappa shape index (κ2) is 14.9. The molecule has 3 aromatic carbocycles. The molecule has 1 amide bonds. The number of carboxylic acid groups (broad SMARTS) is 1. The summed E-state index contributed by atoms with van der Waals surface area (Å²) in [6, 6.07) is 20.1. The number of amides is 1. The molecule has 0 aliphatic carbocycles. The zero-order valence-electron chi connectivity index (χ0n) is 26.8. The third-order valence-corrected chi connectivity index (χ3v) is 8.25. The number of hydrogen-bond donors (Lipinski definition) is 1. The van der Waals surface area contributed by atoms with Crippen molar-refractivity contribution in [2.75, 3.05) is 19.8 Å². The van der Waals surface area contributed by atoms with Crippen molar-refractivity contribution >= 4 is 17.8 Å². The van der Waals surface area contributed by atoms with Gasteiger partial charge in [0.15, 0.2) is 5.69 Å². The Morgan fingerprint density at radius 1 is 0.913 bits per heavy atom. The van der Waals surface area contributed by atoms with E-state index in [1.165, 1.54) is 17.7 Å². The van der Waals surface area contributed by atoms with Crippen LogP contribution in [0.3, 0.4) is 0 Å². The van der Waals surface area contributed by atoms with Gasteiger partial charge in [-0.3, -0.25) is 4.79 Å². The highest BCUT2D eigenvalue weighted by molar-refractivity contribution is 6.06. The average Bonchev–Trinajstić information content (AvgIpc) is 3.46. The number of hydrogen-bond acceptors (Lipinski definition) is 6. The van der Waals surface area contributed by atoms with Crippen LogP contribution in [0.15, 0.2) is 66.7 Å². The Hall–Kier alpha value is -4.92. The van der Waals surface area contributed by atoms with Crippen LogP contribution in [0.2, 0.25) is 0 Å². The van der Waals surface area contributed by atoms with Gasteiger partial charge in [-0.25, -0.2) is 14.3 Å². The summed E-state index contributed by atoms with van der Waals surface area (Å²) in [6.45, 7) is 7.60. The Morgan fingerprint density at radius 2 is 1.65 bits per heavy atom. The molecule has 1 N–H and O–H groups in total. The third kappa shape index (κ3) is 6.98. The SMILES string of the molecule is CCCCOc1ccc(-n2nc(C(=O)OCC)c(-c3ccc(C(=O)O)cc3C(=O)N3CCc4ccccc4C3)c2CCCC)cc1. The van der Waals surface area contributed by atoms with Crippen molar-refractivity contribution in [2.24, 2.45) is 0 Å². The number of esters is 1. The molecule has 240 valence electrons. The van der Waals surface area contributed by atoms with Crippen LogP contribution >= 0.6 is 0 Å². The van der Waals surface area contributed by atoms with Gasteiger partial charge >= 0.3 is 11.9 Å². The Balaban J connectivity index is 1.66. The fourth-order valence-electron chi connectivity index (χ4n) is 5.80. The van der Waals surface area contributed by atoms with Crippen LogP contribution in [0.25, 0.3) is 16.8 Å². The van der Waals surface area contributed by atoms with Crippen molar-refractivity contribution in [3.8, 4) is 22.6 Å². The van der Waals surface area contributed by atoms with Gasteiger partial charge in [-0.15, -0.1) is 0 Å². The van der Waals surface area contributed by atoms with Gasteiger partial charge in [-0.05, 0) is 85.7 Å². The molecule has 0 spiro atoms. The van der Waals surface area contributed by atoms with Gasteiger partial charge in [0.05, 0.1) is 30.2 Å². The van der Waals surface area contributed by atoms with Crippen LogP contribution in [0.1, 0.15) is 94.5 Å². The normalized spacial score (nSPS) is 12.5. The number of nitrogens with zero attached hydrogens (tertiary/aromatic N) is 3. The maximum Gasteiger partial charge on any atom is 0.359 e. The highest BCUT2D eigenvalue weighted by Gasteiger charge is 2.31. The molecule has 9 nitrogen and oxygen atoms in total. The molecule has 5 rings (SSSR count). The van der Waals surface area contributed by atoms with E-state index >= 15 is 0 Å². The molecule has 0 radical (unpaired) electrons. The predicted octanol–water partition coefficient (Wildman–Crippen LogP) is 7.13. The first kappa shape index (κ1) is 32.5. The standard InChI is InChI=1S/C37H41N3O6/c1-4-7-13-32-33(34(37(44)45-6-3)38-40(32)28-15-17-29(18-16-28)46-22-8-5-2)30-19-14-26(36(42)43)23-31(30)35(41)39-21-20-25-11-9-10-12-27(25)24-39/h9-12,14-19,23H,4-8,13,20-22,24H2,1-3H3,(H,42,43). The van der Waals surface area contributed by atoms with Gasteiger partial charge in [0.25, 0.3) is 5.91 Å². The van der Waals surface area contributed by atoms with Gasteiger partial charge in [0.1, 0.15) is 5.75 Å². The number of benzene rings is 3. The zero-order chi connectivity index (χ0) is 32.6. The van der Waals surface area contributed by atoms with Crippen molar-refractivity contribution in [3.63, 3.8) is 0 Å². The number of ether oxygens (including phenoxy) is 2. The summed E-state index contributed by atoms with van der Waals surface area (Å²) in [6.07, 6.45) is 4.95. The largest absolute Gasteiger partial charge is 0.494 e. The van der Waals surface area contributed by atoms with Gasteiger partial charge in [0, 0.05) is 24.2 Å². The molecule has 0 saturated heterocycles. The minimum Gasteiger partial charge on any atom is -0.494 e. The van der Waals surface area contributed by atoms with Gasteiger partial charge in [0.2, 0.25) is 0 Å². The van der Waals surface area contributed by atoms with Crippen LogP contribution in [0.4, 0.5) is 0 Å². The van der Waals surface area contributed by atoms with Gasteiger partial charge in [-0.1, -0.05) is 57.0 Å². The first-order valence-electron chi connectivity index (χ1n) is 16.1.